The number of benzene rings is 2. The molecule has 0 fully saturated rings. The molecule has 1 aliphatic heterocycles. The highest BCUT2D eigenvalue weighted by Gasteiger charge is 2.35. The van der Waals surface area contributed by atoms with Gasteiger partial charge in [0.05, 0.1) is 0 Å². The van der Waals surface area contributed by atoms with E-state index in [1.165, 1.54) is 0 Å². The van der Waals surface area contributed by atoms with Crippen LogP contribution in [0.3, 0.4) is 0 Å². The minimum atomic E-state index is -0.208. The van der Waals surface area contributed by atoms with Crippen molar-refractivity contribution in [2.45, 2.75) is 25.2 Å². The van der Waals surface area contributed by atoms with Gasteiger partial charge in [0.1, 0.15) is 17.4 Å². The second-order valence-corrected chi connectivity index (χ2v) is 7.78. The Morgan fingerprint density at radius 3 is 2.29 bits per heavy atom. The second kappa shape index (κ2) is 7.75. The summed E-state index contributed by atoms with van der Waals surface area (Å²) in [5, 5.41) is 11.1. The third kappa shape index (κ3) is 3.54. The van der Waals surface area contributed by atoms with Crippen molar-refractivity contribution in [1.82, 2.24) is 0 Å². The molecule has 1 heterocycles. The van der Waals surface area contributed by atoms with Crippen molar-refractivity contribution in [2.24, 2.45) is 5.73 Å². The highest BCUT2D eigenvalue weighted by atomic mass is 35.5. The molecule has 4 rings (SSSR count). The van der Waals surface area contributed by atoms with Crippen molar-refractivity contribution in [3.05, 3.63) is 98.1 Å². The van der Waals surface area contributed by atoms with Crippen LogP contribution >= 0.6 is 23.2 Å². The number of hydrogen-bond acceptors (Lipinski definition) is 3. The summed E-state index contributed by atoms with van der Waals surface area (Å²) >= 11 is 12.1. The molecule has 28 heavy (non-hydrogen) atoms. The molecule has 5 heteroatoms. The Balaban J connectivity index is 1.82. The number of halogens is 2. The van der Waals surface area contributed by atoms with Gasteiger partial charge in [-0.1, -0.05) is 47.5 Å². The largest absolute Gasteiger partial charge is 0.440 e. The normalized spacial score (nSPS) is 20.6. The van der Waals surface area contributed by atoms with Crippen LogP contribution in [0.15, 0.2) is 76.9 Å². The molecule has 0 aromatic heterocycles. The van der Waals surface area contributed by atoms with E-state index in [0.29, 0.717) is 15.6 Å². The van der Waals surface area contributed by atoms with Crippen LogP contribution in [0.2, 0.25) is 10.0 Å². The third-order valence-corrected chi connectivity index (χ3v) is 5.63. The summed E-state index contributed by atoms with van der Waals surface area (Å²) in [7, 11) is 0. The minimum absolute atomic E-state index is 0.171. The zero-order chi connectivity index (χ0) is 19.7. The zero-order valence-electron chi connectivity index (χ0n) is 15.1. The van der Waals surface area contributed by atoms with Crippen LogP contribution in [-0.4, -0.2) is 0 Å². The number of rotatable bonds is 2. The molecule has 0 saturated carbocycles. The van der Waals surface area contributed by atoms with Crippen molar-refractivity contribution in [1.29, 1.82) is 5.26 Å². The maximum absolute atomic E-state index is 9.72. The van der Waals surface area contributed by atoms with E-state index in [4.69, 9.17) is 33.7 Å². The minimum Gasteiger partial charge on any atom is -0.440 e. The standard InChI is InChI=1S/C23H18Cl2N2O/c24-17-8-4-14(5-9-17)12-16-2-1-3-19-21(15-6-10-18(25)11-7-15)20(13-26)23(27)28-22(16)19/h4-12,21H,1-3,27H2/b16-12-/t21-/m1/s1. The van der Waals surface area contributed by atoms with Crippen LogP contribution in [0, 0.1) is 11.3 Å². The van der Waals surface area contributed by atoms with Crippen LogP contribution in [-0.2, 0) is 4.74 Å². The average molecular weight is 409 g/mol. The summed E-state index contributed by atoms with van der Waals surface area (Å²) in [4.78, 5) is 0. The molecular formula is C23H18Cl2N2O. The summed E-state index contributed by atoms with van der Waals surface area (Å²) in [5.74, 6) is 0.752. The smallest absolute Gasteiger partial charge is 0.205 e. The molecule has 2 aromatic rings. The molecule has 2 N–H and O–H groups in total. The first kappa shape index (κ1) is 18.7. The van der Waals surface area contributed by atoms with E-state index in [-0.39, 0.29) is 11.8 Å². The zero-order valence-corrected chi connectivity index (χ0v) is 16.6. The topological polar surface area (TPSA) is 59.0 Å². The summed E-state index contributed by atoms with van der Waals surface area (Å²) in [6, 6.07) is 17.5. The highest BCUT2D eigenvalue weighted by Crippen LogP contribution is 2.46. The summed E-state index contributed by atoms with van der Waals surface area (Å²) < 4.78 is 5.97. The predicted molar refractivity (Wildman–Crippen MR) is 112 cm³/mol. The van der Waals surface area contributed by atoms with Crippen molar-refractivity contribution in [2.75, 3.05) is 0 Å². The van der Waals surface area contributed by atoms with Crippen molar-refractivity contribution in [3.8, 4) is 6.07 Å². The number of ether oxygens (including phenoxy) is 1. The second-order valence-electron chi connectivity index (χ2n) is 6.91. The molecule has 0 saturated heterocycles. The van der Waals surface area contributed by atoms with Gasteiger partial charge in [-0.05, 0) is 71.9 Å². The van der Waals surface area contributed by atoms with E-state index in [1.807, 2.05) is 48.5 Å². The molecule has 1 aliphatic carbocycles. The van der Waals surface area contributed by atoms with Crippen LogP contribution in [0.4, 0.5) is 0 Å². The first-order valence-corrected chi connectivity index (χ1v) is 9.85. The molecule has 0 spiro atoms. The van der Waals surface area contributed by atoms with Gasteiger partial charge in [-0.2, -0.15) is 5.26 Å². The van der Waals surface area contributed by atoms with Crippen LogP contribution in [0.1, 0.15) is 36.3 Å². The van der Waals surface area contributed by atoms with Gasteiger partial charge in [0.2, 0.25) is 5.88 Å². The third-order valence-electron chi connectivity index (χ3n) is 5.12. The van der Waals surface area contributed by atoms with E-state index in [2.05, 4.69) is 12.1 Å². The van der Waals surface area contributed by atoms with Gasteiger partial charge < -0.3 is 10.5 Å². The molecular weight excluding hydrogens is 391 g/mol. The number of nitrogens with two attached hydrogens (primary N) is 1. The molecule has 2 aliphatic rings. The van der Waals surface area contributed by atoms with E-state index in [9.17, 15) is 5.26 Å². The lowest BCUT2D eigenvalue weighted by Gasteiger charge is -2.33. The Hall–Kier alpha value is -2.67. The molecule has 2 aromatic carbocycles. The Bertz CT molecular complexity index is 1040. The van der Waals surface area contributed by atoms with Gasteiger partial charge in [0, 0.05) is 16.0 Å². The summed E-state index contributed by atoms with van der Waals surface area (Å²) in [5.41, 5.74) is 10.8. The fourth-order valence-corrected chi connectivity index (χ4v) is 4.08. The maximum atomic E-state index is 9.72. The number of allylic oxidation sites excluding steroid dienone is 3. The summed E-state index contributed by atoms with van der Waals surface area (Å²) in [6.45, 7) is 0. The SMILES string of the molecule is N#CC1=C(N)OC2=C(CCC/C2=C/c2ccc(Cl)cc2)[C@H]1c1ccc(Cl)cc1. The maximum Gasteiger partial charge on any atom is 0.205 e. The molecule has 0 bridgehead atoms. The fraction of sp³-hybridized carbons (Fsp3) is 0.174. The predicted octanol–water partition coefficient (Wildman–Crippen LogP) is 6.32. The number of nitriles is 1. The lowest BCUT2D eigenvalue weighted by atomic mass is 9.77. The highest BCUT2D eigenvalue weighted by molar-refractivity contribution is 6.30. The molecule has 140 valence electrons. The average Bonchev–Trinajstić information content (AvgIpc) is 2.70. The van der Waals surface area contributed by atoms with Gasteiger partial charge in [-0.25, -0.2) is 0 Å². The Morgan fingerprint density at radius 2 is 1.64 bits per heavy atom. The Morgan fingerprint density at radius 1 is 1.00 bits per heavy atom. The molecule has 0 radical (unpaired) electrons. The molecule has 3 nitrogen and oxygen atoms in total. The van der Waals surface area contributed by atoms with Crippen molar-refractivity contribution < 1.29 is 4.74 Å². The van der Waals surface area contributed by atoms with Crippen LogP contribution in [0.25, 0.3) is 6.08 Å². The van der Waals surface area contributed by atoms with Gasteiger partial charge >= 0.3 is 0 Å². The monoisotopic (exact) mass is 408 g/mol. The van der Waals surface area contributed by atoms with Crippen molar-refractivity contribution >= 4 is 29.3 Å². The Labute approximate surface area is 174 Å². The van der Waals surface area contributed by atoms with Crippen LogP contribution < -0.4 is 5.73 Å². The lowest BCUT2D eigenvalue weighted by molar-refractivity contribution is 0.277. The van der Waals surface area contributed by atoms with E-state index < -0.39 is 0 Å². The van der Waals surface area contributed by atoms with Crippen LogP contribution in [0.5, 0.6) is 0 Å². The van der Waals surface area contributed by atoms with Gasteiger partial charge in [-0.15, -0.1) is 0 Å². The van der Waals surface area contributed by atoms with Gasteiger partial charge in [0.15, 0.2) is 0 Å². The molecule has 0 amide bonds. The fourth-order valence-electron chi connectivity index (χ4n) is 3.83. The number of hydrogen-bond donors (Lipinski definition) is 1. The quantitative estimate of drug-likeness (QED) is 0.631. The lowest BCUT2D eigenvalue weighted by Crippen LogP contribution is -2.23. The van der Waals surface area contributed by atoms with E-state index >= 15 is 0 Å². The summed E-state index contributed by atoms with van der Waals surface area (Å²) in [6.07, 6.45) is 4.85. The van der Waals surface area contributed by atoms with Crippen molar-refractivity contribution in [3.63, 3.8) is 0 Å². The van der Waals surface area contributed by atoms with Gasteiger partial charge in [-0.3, -0.25) is 0 Å². The molecule has 0 unspecified atom stereocenters. The number of nitrogens with zero attached hydrogens (tertiary/aromatic N) is 1. The van der Waals surface area contributed by atoms with E-state index in [0.717, 1.165) is 47.3 Å². The van der Waals surface area contributed by atoms with E-state index in [1.54, 1.807) is 0 Å². The first-order valence-electron chi connectivity index (χ1n) is 9.09. The Kier molecular flexibility index (Phi) is 5.17. The first-order chi connectivity index (χ1) is 13.6. The van der Waals surface area contributed by atoms with Gasteiger partial charge in [0.25, 0.3) is 0 Å². The molecule has 1 atom stereocenters.